The zero-order chi connectivity index (χ0) is 13.8. The molecule has 0 atom stereocenters. The van der Waals surface area contributed by atoms with Crippen LogP contribution in [0.5, 0.6) is 0 Å². The predicted octanol–water partition coefficient (Wildman–Crippen LogP) is 3.03. The van der Waals surface area contributed by atoms with E-state index in [9.17, 15) is 4.39 Å². The van der Waals surface area contributed by atoms with Crippen molar-refractivity contribution in [2.24, 2.45) is 0 Å². The summed E-state index contributed by atoms with van der Waals surface area (Å²) in [6, 6.07) is 5.99. The number of halogens is 2. The van der Waals surface area contributed by atoms with E-state index in [-0.39, 0.29) is 11.6 Å². The van der Waals surface area contributed by atoms with Crippen LogP contribution < -0.4 is 16.4 Å². The highest BCUT2D eigenvalue weighted by atomic mass is 35.5. The summed E-state index contributed by atoms with van der Waals surface area (Å²) in [6.07, 6.45) is 0. The molecule has 19 heavy (non-hydrogen) atoms. The van der Waals surface area contributed by atoms with Crippen LogP contribution in [0, 0.1) is 5.82 Å². The monoisotopic (exact) mass is 281 g/mol. The van der Waals surface area contributed by atoms with Gasteiger partial charge < -0.3 is 16.4 Å². The smallest absolute Gasteiger partial charge is 0.223 e. The Kier molecular flexibility index (Phi) is 4.01. The second-order valence-corrected chi connectivity index (χ2v) is 4.21. The van der Waals surface area contributed by atoms with E-state index in [4.69, 9.17) is 17.3 Å². The second-order valence-electron chi connectivity index (χ2n) is 3.78. The lowest BCUT2D eigenvalue weighted by molar-refractivity contribution is 0.632. The average molecular weight is 282 g/mol. The number of nitrogens with one attached hydrogen (secondary N) is 2. The molecule has 4 N–H and O–H groups in total. The molecule has 0 saturated heterocycles. The molecule has 0 aliphatic carbocycles. The Hall–Kier alpha value is -2.08. The van der Waals surface area contributed by atoms with Crippen molar-refractivity contribution in [3.63, 3.8) is 0 Å². The fourth-order valence-corrected chi connectivity index (χ4v) is 1.69. The third-order valence-electron chi connectivity index (χ3n) is 2.30. The van der Waals surface area contributed by atoms with Crippen molar-refractivity contribution < 1.29 is 4.39 Å². The van der Waals surface area contributed by atoms with Crippen LogP contribution in [0.15, 0.2) is 24.3 Å². The fraction of sp³-hybridized carbons (Fsp3) is 0.167. The van der Waals surface area contributed by atoms with Crippen molar-refractivity contribution in [1.29, 1.82) is 0 Å². The maximum Gasteiger partial charge on any atom is 0.223 e. The number of nitrogens with zero attached hydrogens (tertiary/aromatic N) is 2. The van der Waals surface area contributed by atoms with Crippen molar-refractivity contribution in [2.45, 2.75) is 6.92 Å². The van der Waals surface area contributed by atoms with E-state index in [0.717, 1.165) is 0 Å². The molecule has 0 bridgehead atoms. The van der Waals surface area contributed by atoms with Crippen molar-refractivity contribution in [3.05, 3.63) is 35.1 Å². The number of nitrogens with two attached hydrogens (primary N) is 1. The largest absolute Gasteiger partial charge is 0.370 e. The topological polar surface area (TPSA) is 75.9 Å². The molecule has 7 heteroatoms. The van der Waals surface area contributed by atoms with E-state index in [1.807, 2.05) is 6.92 Å². The molecule has 0 amide bonds. The van der Waals surface area contributed by atoms with Gasteiger partial charge in [-0.05, 0) is 25.1 Å². The van der Waals surface area contributed by atoms with E-state index in [1.165, 1.54) is 12.1 Å². The van der Waals surface area contributed by atoms with Gasteiger partial charge in [-0.2, -0.15) is 9.97 Å². The maximum absolute atomic E-state index is 13.6. The summed E-state index contributed by atoms with van der Waals surface area (Å²) < 4.78 is 13.6. The van der Waals surface area contributed by atoms with Crippen molar-refractivity contribution in [2.75, 3.05) is 22.9 Å². The molecule has 1 heterocycles. The highest BCUT2D eigenvalue weighted by molar-refractivity contribution is 6.30. The molecule has 2 rings (SSSR count). The molecule has 0 fully saturated rings. The number of hydrogen-bond acceptors (Lipinski definition) is 5. The molecule has 0 aliphatic heterocycles. The second kappa shape index (κ2) is 5.71. The van der Waals surface area contributed by atoms with Gasteiger partial charge in [0.1, 0.15) is 17.5 Å². The van der Waals surface area contributed by atoms with Gasteiger partial charge in [0, 0.05) is 17.6 Å². The minimum Gasteiger partial charge on any atom is -0.370 e. The first-order valence-corrected chi connectivity index (χ1v) is 6.07. The van der Waals surface area contributed by atoms with E-state index in [0.29, 0.717) is 23.2 Å². The van der Waals surface area contributed by atoms with E-state index in [2.05, 4.69) is 20.6 Å². The highest BCUT2D eigenvalue weighted by Crippen LogP contribution is 2.23. The molecule has 0 aliphatic rings. The summed E-state index contributed by atoms with van der Waals surface area (Å²) in [5, 5.41) is 6.18. The Morgan fingerprint density at radius 2 is 2.00 bits per heavy atom. The van der Waals surface area contributed by atoms with Crippen LogP contribution in [0.1, 0.15) is 6.92 Å². The van der Waals surface area contributed by atoms with Crippen LogP contribution >= 0.6 is 11.6 Å². The van der Waals surface area contributed by atoms with Gasteiger partial charge in [0.05, 0.1) is 5.69 Å². The molecule has 2 aromatic rings. The van der Waals surface area contributed by atoms with Crippen LogP contribution in [0.25, 0.3) is 0 Å². The van der Waals surface area contributed by atoms with E-state index in [1.54, 1.807) is 12.1 Å². The van der Waals surface area contributed by atoms with Gasteiger partial charge in [-0.3, -0.25) is 0 Å². The van der Waals surface area contributed by atoms with Gasteiger partial charge in [0.25, 0.3) is 0 Å². The molecule has 0 unspecified atom stereocenters. The van der Waals surface area contributed by atoms with Gasteiger partial charge in [0.2, 0.25) is 5.95 Å². The van der Waals surface area contributed by atoms with Crippen LogP contribution in [-0.4, -0.2) is 16.5 Å². The third-order valence-corrected chi connectivity index (χ3v) is 2.53. The molecule has 0 spiro atoms. The average Bonchev–Trinajstić information content (AvgIpc) is 2.32. The normalized spacial score (nSPS) is 10.3. The van der Waals surface area contributed by atoms with Crippen molar-refractivity contribution >= 4 is 34.9 Å². The molecule has 5 nitrogen and oxygen atoms in total. The van der Waals surface area contributed by atoms with Gasteiger partial charge in [-0.1, -0.05) is 11.6 Å². The Morgan fingerprint density at radius 3 is 2.68 bits per heavy atom. The molecule has 0 saturated carbocycles. The molecule has 0 radical (unpaired) electrons. The summed E-state index contributed by atoms with van der Waals surface area (Å²) >= 11 is 5.69. The number of nitrogen functional groups attached to an aromatic ring is 1. The maximum atomic E-state index is 13.6. The van der Waals surface area contributed by atoms with Crippen LogP contribution in [0.3, 0.4) is 0 Å². The minimum atomic E-state index is -0.463. The summed E-state index contributed by atoms with van der Waals surface area (Å²) in [5.41, 5.74) is 5.86. The highest BCUT2D eigenvalue weighted by Gasteiger charge is 2.06. The first-order chi connectivity index (χ1) is 9.08. The number of aromatic nitrogens is 2. The summed E-state index contributed by atoms with van der Waals surface area (Å²) in [5.74, 6) is 0.626. The van der Waals surface area contributed by atoms with Gasteiger partial charge in [-0.25, -0.2) is 4.39 Å². The SMILES string of the molecule is CCNc1cc(Nc2ccc(Cl)cc2F)nc(N)n1. The molecule has 100 valence electrons. The zero-order valence-corrected chi connectivity index (χ0v) is 11.0. The number of benzene rings is 1. The van der Waals surface area contributed by atoms with Crippen molar-refractivity contribution in [1.82, 2.24) is 9.97 Å². The molecular weight excluding hydrogens is 269 g/mol. The molecular formula is C12H13ClFN5. The van der Waals surface area contributed by atoms with E-state index >= 15 is 0 Å². The standard InChI is InChI=1S/C12H13ClFN5/c1-2-16-10-6-11(19-12(15)18-10)17-9-4-3-7(13)5-8(9)14/h3-6H,2H2,1H3,(H4,15,16,17,18,19). The van der Waals surface area contributed by atoms with Crippen LogP contribution in [-0.2, 0) is 0 Å². The Labute approximate surface area is 115 Å². The zero-order valence-electron chi connectivity index (χ0n) is 10.2. The van der Waals surface area contributed by atoms with Gasteiger partial charge >= 0.3 is 0 Å². The van der Waals surface area contributed by atoms with Crippen LogP contribution in [0.2, 0.25) is 5.02 Å². The quantitative estimate of drug-likeness (QED) is 0.803. The fourth-order valence-electron chi connectivity index (χ4n) is 1.53. The molecule has 1 aromatic carbocycles. The third kappa shape index (κ3) is 3.45. The summed E-state index contributed by atoms with van der Waals surface area (Å²) in [6.45, 7) is 2.63. The lowest BCUT2D eigenvalue weighted by Gasteiger charge is -2.09. The Morgan fingerprint density at radius 1 is 1.26 bits per heavy atom. The number of rotatable bonds is 4. The van der Waals surface area contributed by atoms with Crippen molar-refractivity contribution in [3.8, 4) is 0 Å². The molecule has 1 aromatic heterocycles. The first kappa shape index (κ1) is 13.4. The summed E-state index contributed by atoms with van der Waals surface area (Å²) in [7, 11) is 0. The van der Waals surface area contributed by atoms with Gasteiger partial charge in [0.15, 0.2) is 0 Å². The van der Waals surface area contributed by atoms with Gasteiger partial charge in [-0.15, -0.1) is 0 Å². The number of anilines is 4. The summed E-state index contributed by atoms with van der Waals surface area (Å²) in [4.78, 5) is 7.99. The lowest BCUT2D eigenvalue weighted by atomic mass is 10.3. The Bertz CT molecular complexity index is 590. The van der Waals surface area contributed by atoms with Crippen LogP contribution in [0.4, 0.5) is 27.7 Å². The number of hydrogen-bond donors (Lipinski definition) is 3. The lowest BCUT2D eigenvalue weighted by Crippen LogP contribution is -2.06. The minimum absolute atomic E-state index is 0.107. The Balaban J connectivity index is 2.27. The predicted molar refractivity (Wildman–Crippen MR) is 75.3 cm³/mol. The first-order valence-electron chi connectivity index (χ1n) is 5.69. The van der Waals surface area contributed by atoms with E-state index < -0.39 is 5.82 Å².